The SMILES string of the molecule is CC1NC=CN=C1c1ccc(C(F)(F)F)cc1. The highest BCUT2D eigenvalue weighted by atomic mass is 19.4. The molecule has 0 saturated carbocycles. The fourth-order valence-electron chi connectivity index (χ4n) is 1.65. The van der Waals surface area contributed by atoms with E-state index in [0.29, 0.717) is 5.56 Å². The molecule has 0 aromatic heterocycles. The second-order valence-corrected chi connectivity index (χ2v) is 3.79. The van der Waals surface area contributed by atoms with Crippen LogP contribution in [0, 0.1) is 0 Å². The van der Waals surface area contributed by atoms with E-state index in [1.165, 1.54) is 12.1 Å². The Morgan fingerprint density at radius 1 is 1.18 bits per heavy atom. The average molecular weight is 240 g/mol. The van der Waals surface area contributed by atoms with Gasteiger partial charge in [-0.2, -0.15) is 13.2 Å². The highest BCUT2D eigenvalue weighted by Crippen LogP contribution is 2.29. The monoisotopic (exact) mass is 240 g/mol. The van der Waals surface area contributed by atoms with Crippen molar-refractivity contribution in [2.45, 2.75) is 19.1 Å². The molecule has 1 aliphatic rings. The van der Waals surface area contributed by atoms with Crippen LogP contribution in [0.15, 0.2) is 41.7 Å². The number of nitrogens with one attached hydrogen (secondary N) is 1. The molecule has 2 rings (SSSR count). The van der Waals surface area contributed by atoms with Gasteiger partial charge >= 0.3 is 6.18 Å². The van der Waals surface area contributed by atoms with E-state index in [1.807, 2.05) is 6.92 Å². The number of hydrogen-bond donors (Lipinski definition) is 1. The third-order valence-corrected chi connectivity index (χ3v) is 2.55. The van der Waals surface area contributed by atoms with E-state index in [9.17, 15) is 13.2 Å². The Morgan fingerprint density at radius 2 is 1.82 bits per heavy atom. The first-order chi connectivity index (χ1) is 7.98. The van der Waals surface area contributed by atoms with Gasteiger partial charge in [0.1, 0.15) is 0 Å². The summed E-state index contributed by atoms with van der Waals surface area (Å²) in [4.78, 5) is 4.16. The van der Waals surface area contributed by atoms with Crippen molar-refractivity contribution < 1.29 is 13.2 Å². The largest absolute Gasteiger partial charge is 0.416 e. The summed E-state index contributed by atoms with van der Waals surface area (Å²) in [5.74, 6) is 0. The molecule has 1 aromatic rings. The van der Waals surface area contributed by atoms with Crippen LogP contribution in [0.1, 0.15) is 18.1 Å². The number of halogens is 3. The third kappa shape index (κ3) is 2.49. The minimum Gasteiger partial charge on any atom is -0.382 e. The van der Waals surface area contributed by atoms with Crippen molar-refractivity contribution in [3.05, 3.63) is 47.8 Å². The van der Waals surface area contributed by atoms with Crippen molar-refractivity contribution in [2.75, 3.05) is 0 Å². The van der Waals surface area contributed by atoms with Crippen molar-refractivity contribution in [1.82, 2.24) is 5.32 Å². The lowest BCUT2D eigenvalue weighted by Crippen LogP contribution is -2.32. The van der Waals surface area contributed by atoms with Crippen LogP contribution in [0.2, 0.25) is 0 Å². The van der Waals surface area contributed by atoms with Crippen LogP contribution in [0.3, 0.4) is 0 Å². The van der Waals surface area contributed by atoms with Crippen LogP contribution in [0.25, 0.3) is 0 Å². The van der Waals surface area contributed by atoms with Crippen molar-refractivity contribution >= 4 is 5.71 Å². The molecule has 0 saturated heterocycles. The van der Waals surface area contributed by atoms with Gasteiger partial charge in [-0.15, -0.1) is 0 Å². The van der Waals surface area contributed by atoms with Gasteiger partial charge in [0.25, 0.3) is 0 Å². The molecule has 1 atom stereocenters. The first kappa shape index (κ1) is 11.7. The van der Waals surface area contributed by atoms with Crippen molar-refractivity contribution in [2.24, 2.45) is 4.99 Å². The Morgan fingerprint density at radius 3 is 2.35 bits per heavy atom. The highest BCUT2D eigenvalue weighted by molar-refractivity contribution is 6.05. The first-order valence-corrected chi connectivity index (χ1v) is 5.15. The Bertz CT molecular complexity index is 458. The van der Waals surface area contributed by atoms with Gasteiger partial charge in [-0.3, -0.25) is 4.99 Å². The quantitative estimate of drug-likeness (QED) is 0.801. The minimum atomic E-state index is -4.29. The molecule has 1 N–H and O–H groups in total. The molecule has 5 heteroatoms. The molecule has 90 valence electrons. The number of alkyl halides is 3. The molecular formula is C12H11F3N2. The minimum absolute atomic E-state index is 0.00302. The zero-order valence-electron chi connectivity index (χ0n) is 9.12. The molecule has 0 amide bonds. The van der Waals surface area contributed by atoms with E-state index in [4.69, 9.17) is 0 Å². The summed E-state index contributed by atoms with van der Waals surface area (Å²) in [5, 5.41) is 3.04. The van der Waals surface area contributed by atoms with Gasteiger partial charge in [-0.1, -0.05) is 12.1 Å². The van der Waals surface area contributed by atoms with Crippen molar-refractivity contribution in [3.63, 3.8) is 0 Å². The van der Waals surface area contributed by atoms with Crippen LogP contribution in [-0.2, 0) is 6.18 Å². The van der Waals surface area contributed by atoms with E-state index in [0.717, 1.165) is 17.8 Å². The maximum absolute atomic E-state index is 12.4. The van der Waals surface area contributed by atoms with Gasteiger partial charge in [0.05, 0.1) is 17.3 Å². The van der Waals surface area contributed by atoms with Crippen LogP contribution < -0.4 is 5.32 Å². The van der Waals surface area contributed by atoms with Crippen LogP contribution >= 0.6 is 0 Å². The summed E-state index contributed by atoms with van der Waals surface area (Å²) in [5.41, 5.74) is 0.789. The number of hydrogen-bond acceptors (Lipinski definition) is 2. The molecule has 1 unspecified atom stereocenters. The summed E-state index contributed by atoms with van der Waals surface area (Å²) in [6, 6.07) is 5.03. The predicted molar refractivity (Wildman–Crippen MR) is 59.7 cm³/mol. The van der Waals surface area contributed by atoms with E-state index >= 15 is 0 Å². The average Bonchev–Trinajstić information content (AvgIpc) is 2.29. The Labute approximate surface area is 96.9 Å². The number of rotatable bonds is 1. The maximum atomic E-state index is 12.4. The zero-order valence-corrected chi connectivity index (χ0v) is 9.12. The smallest absolute Gasteiger partial charge is 0.382 e. The summed E-state index contributed by atoms with van der Waals surface area (Å²) < 4.78 is 37.2. The molecule has 0 spiro atoms. The van der Waals surface area contributed by atoms with Crippen molar-refractivity contribution in [3.8, 4) is 0 Å². The molecule has 1 aromatic carbocycles. The molecule has 17 heavy (non-hydrogen) atoms. The standard InChI is InChI=1S/C12H11F3N2/c1-8-11(17-7-6-16-8)9-2-4-10(5-3-9)12(13,14)15/h2-8,16H,1H3. The first-order valence-electron chi connectivity index (χ1n) is 5.15. The Kier molecular flexibility index (Phi) is 2.92. The maximum Gasteiger partial charge on any atom is 0.416 e. The van der Waals surface area contributed by atoms with Crippen molar-refractivity contribution in [1.29, 1.82) is 0 Å². The fourth-order valence-corrected chi connectivity index (χ4v) is 1.65. The molecule has 0 radical (unpaired) electrons. The highest BCUT2D eigenvalue weighted by Gasteiger charge is 2.30. The topological polar surface area (TPSA) is 24.4 Å². The fraction of sp³-hybridized carbons (Fsp3) is 0.250. The van der Waals surface area contributed by atoms with Gasteiger partial charge in [0.15, 0.2) is 0 Å². The second kappa shape index (κ2) is 4.24. The van der Waals surface area contributed by atoms with Crippen LogP contribution in [0.5, 0.6) is 0 Å². The third-order valence-electron chi connectivity index (χ3n) is 2.55. The number of aliphatic imine (C=N–C) groups is 1. The van der Waals surface area contributed by atoms with Crippen LogP contribution in [-0.4, -0.2) is 11.8 Å². The second-order valence-electron chi connectivity index (χ2n) is 3.79. The van der Waals surface area contributed by atoms with E-state index in [1.54, 1.807) is 12.4 Å². The normalized spacial score (nSPS) is 19.8. The Hall–Kier alpha value is -1.78. The van der Waals surface area contributed by atoms with Gasteiger partial charge < -0.3 is 5.32 Å². The van der Waals surface area contributed by atoms with E-state index < -0.39 is 11.7 Å². The Balaban J connectivity index is 2.30. The van der Waals surface area contributed by atoms with Gasteiger partial charge in [-0.05, 0) is 24.6 Å². The zero-order chi connectivity index (χ0) is 12.5. The lowest BCUT2D eigenvalue weighted by atomic mass is 10.0. The summed E-state index contributed by atoms with van der Waals surface area (Å²) >= 11 is 0. The molecular weight excluding hydrogens is 229 g/mol. The lowest BCUT2D eigenvalue weighted by Gasteiger charge is -2.18. The summed E-state index contributed by atoms with van der Waals surface area (Å²) in [6.45, 7) is 1.90. The predicted octanol–water partition coefficient (Wildman–Crippen LogP) is 2.96. The van der Waals surface area contributed by atoms with Crippen LogP contribution in [0.4, 0.5) is 13.2 Å². The number of benzene rings is 1. The lowest BCUT2D eigenvalue weighted by molar-refractivity contribution is -0.137. The molecule has 0 fully saturated rings. The van der Waals surface area contributed by atoms with Gasteiger partial charge in [-0.25, -0.2) is 0 Å². The summed E-state index contributed by atoms with van der Waals surface area (Å²) in [7, 11) is 0. The van der Waals surface area contributed by atoms with E-state index in [2.05, 4.69) is 10.3 Å². The van der Waals surface area contributed by atoms with E-state index in [-0.39, 0.29) is 6.04 Å². The number of nitrogens with zero attached hydrogens (tertiary/aromatic N) is 1. The van der Waals surface area contributed by atoms with Gasteiger partial charge in [0, 0.05) is 12.4 Å². The molecule has 0 aliphatic carbocycles. The summed E-state index contributed by atoms with van der Waals surface area (Å²) in [6.07, 6.45) is -0.998. The molecule has 0 bridgehead atoms. The molecule has 1 aliphatic heterocycles. The molecule has 1 heterocycles. The molecule has 2 nitrogen and oxygen atoms in total. The van der Waals surface area contributed by atoms with Gasteiger partial charge in [0.2, 0.25) is 0 Å².